The van der Waals surface area contributed by atoms with Crippen LogP contribution in [0.4, 0.5) is 0 Å². The first-order valence-electron chi connectivity index (χ1n) is 6.08. The summed E-state index contributed by atoms with van der Waals surface area (Å²) >= 11 is 1.48. The van der Waals surface area contributed by atoms with Gasteiger partial charge in [0.25, 0.3) is 5.91 Å². The zero-order chi connectivity index (χ0) is 13.2. The highest BCUT2D eigenvalue weighted by Gasteiger charge is 2.17. The number of nitrogens with zero attached hydrogens (tertiary/aromatic N) is 3. The number of hydrazine groups is 1. The molecule has 0 saturated heterocycles. The highest BCUT2D eigenvalue weighted by atomic mass is 32.1. The van der Waals surface area contributed by atoms with E-state index < -0.39 is 0 Å². The van der Waals surface area contributed by atoms with E-state index in [9.17, 15) is 4.79 Å². The fourth-order valence-corrected chi connectivity index (χ4v) is 3.19. The van der Waals surface area contributed by atoms with E-state index in [0.29, 0.717) is 4.88 Å². The lowest BCUT2D eigenvalue weighted by Crippen LogP contribution is -2.32. The molecule has 3 N–H and O–H groups in total. The van der Waals surface area contributed by atoms with E-state index in [1.54, 1.807) is 0 Å². The zero-order valence-corrected chi connectivity index (χ0v) is 11.2. The summed E-state index contributed by atoms with van der Waals surface area (Å²) in [5.74, 6) is 5.99. The average Bonchev–Trinajstić information content (AvgIpc) is 3.06. The number of aromatic nitrogens is 2. The summed E-state index contributed by atoms with van der Waals surface area (Å²) in [6.45, 7) is 3.66. The van der Waals surface area contributed by atoms with Crippen molar-refractivity contribution in [2.45, 2.75) is 19.6 Å². The number of nitrogens with one attached hydrogen (secondary N) is 1. The van der Waals surface area contributed by atoms with Crippen LogP contribution in [0.15, 0.2) is 24.5 Å². The second-order valence-corrected chi connectivity index (χ2v) is 5.66. The molecule has 0 aliphatic carbocycles. The van der Waals surface area contributed by atoms with Gasteiger partial charge in [0.2, 0.25) is 0 Å². The fourth-order valence-electron chi connectivity index (χ4n) is 2.23. The maximum Gasteiger partial charge on any atom is 0.275 e. The van der Waals surface area contributed by atoms with Crippen molar-refractivity contribution in [1.82, 2.24) is 19.9 Å². The van der Waals surface area contributed by atoms with Gasteiger partial charge in [0.1, 0.15) is 5.82 Å². The number of nitrogens with two attached hydrogens (primary N) is 1. The summed E-state index contributed by atoms with van der Waals surface area (Å²) in [6.07, 6.45) is 3.86. The molecule has 3 heterocycles. The highest BCUT2D eigenvalue weighted by molar-refractivity contribution is 7.14. The van der Waals surface area contributed by atoms with Gasteiger partial charge >= 0.3 is 0 Å². The lowest BCUT2D eigenvalue weighted by Gasteiger charge is -2.26. The molecule has 1 aliphatic heterocycles. The van der Waals surface area contributed by atoms with Gasteiger partial charge in [0, 0.05) is 36.9 Å². The minimum atomic E-state index is -0.231. The van der Waals surface area contributed by atoms with Crippen LogP contribution < -0.4 is 11.3 Å². The molecular weight excluding hydrogens is 262 g/mol. The molecule has 3 rings (SSSR count). The Balaban J connectivity index is 1.66. The van der Waals surface area contributed by atoms with E-state index in [1.807, 2.05) is 24.5 Å². The van der Waals surface area contributed by atoms with Gasteiger partial charge in [-0.25, -0.2) is 10.8 Å². The summed E-state index contributed by atoms with van der Waals surface area (Å²) in [5, 5.41) is 0. The molecule has 2 aromatic heterocycles. The summed E-state index contributed by atoms with van der Waals surface area (Å²) < 4.78 is 2.18. The molecule has 0 fully saturated rings. The van der Waals surface area contributed by atoms with Gasteiger partial charge in [-0.15, -0.1) is 11.3 Å². The lowest BCUT2D eigenvalue weighted by molar-refractivity contribution is 0.0957. The van der Waals surface area contributed by atoms with Crippen LogP contribution in [-0.2, 0) is 19.6 Å². The van der Waals surface area contributed by atoms with Crippen LogP contribution in [0.3, 0.4) is 0 Å². The van der Waals surface area contributed by atoms with Gasteiger partial charge in [-0.3, -0.25) is 15.1 Å². The first kappa shape index (κ1) is 12.3. The van der Waals surface area contributed by atoms with Crippen molar-refractivity contribution in [3.8, 4) is 0 Å². The predicted molar refractivity (Wildman–Crippen MR) is 72.3 cm³/mol. The smallest absolute Gasteiger partial charge is 0.275 e. The second kappa shape index (κ2) is 5.12. The Morgan fingerprint density at radius 1 is 1.47 bits per heavy atom. The molecule has 0 saturated carbocycles. The molecule has 0 spiro atoms. The zero-order valence-electron chi connectivity index (χ0n) is 10.4. The maximum atomic E-state index is 11.4. The standard InChI is InChI=1S/C12H15N5OS/c13-15-12(18)10-2-1-9(19-10)7-16-5-6-17-4-3-14-11(17)8-16/h1-4H,5-8,13H2,(H,15,18). The molecule has 7 heteroatoms. The van der Waals surface area contributed by atoms with Crippen molar-refractivity contribution in [3.63, 3.8) is 0 Å². The molecule has 1 amide bonds. The van der Waals surface area contributed by atoms with Crippen molar-refractivity contribution in [1.29, 1.82) is 0 Å². The normalized spacial score (nSPS) is 15.2. The number of thiophene rings is 1. The van der Waals surface area contributed by atoms with Crippen molar-refractivity contribution in [2.75, 3.05) is 6.54 Å². The molecule has 0 radical (unpaired) electrons. The molecule has 0 atom stereocenters. The quantitative estimate of drug-likeness (QED) is 0.488. The van der Waals surface area contributed by atoms with Crippen LogP contribution in [-0.4, -0.2) is 26.9 Å². The number of hydrogen-bond acceptors (Lipinski definition) is 5. The van der Waals surface area contributed by atoms with Gasteiger partial charge in [-0.1, -0.05) is 0 Å². The Bertz CT molecular complexity index is 590. The van der Waals surface area contributed by atoms with Crippen LogP contribution in [0, 0.1) is 0 Å². The van der Waals surface area contributed by atoms with Gasteiger partial charge in [0.05, 0.1) is 11.4 Å². The van der Waals surface area contributed by atoms with E-state index in [-0.39, 0.29) is 5.91 Å². The Morgan fingerprint density at radius 2 is 2.37 bits per heavy atom. The largest absolute Gasteiger partial charge is 0.333 e. The average molecular weight is 277 g/mol. The minimum Gasteiger partial charge on any atom is -0.333 e. The van der Waals surface area contributed by atoms with E-state index in [0.717, 1.165) is 32.0 Å². The molecule has 100 valence electrons. The first-order valence-corrected chi connectivity index (χ1v) is 6.90. The van der Waals surface area contributed by atoms with Crippen molar-refractivity contribution >= 4 is 17.2 Å². The Hall–Kier alpha value is -1.70. The van der Waals surface area contributed by atoms with Gasteiger partial charge < -0.3 is 4.57 Å². The lowest BCUT2D eigenvalue weighted by atomic mass is 10.3. The molecule has 0 bridgehead atoms. The summed E-state index contributed by atoms with van der Waals surface area (Å²) in [7, 11) is 0. The number of imidazole rings is 1. The molecule has 1 aliphatic rings. The fraction of sp³-hybridized carbons (Fsp3) is 0.333. The van der Waals surface area contributed by atoms with Crippen LogP contribution in [0.2, 0.25) is 0 Å². The number of nitrogen functional groups attached to an aromatic ring is 1. The Morgan fingerprint density at radius 3 is 3.21 bits per heavy atom. The molecule has 2 aromatic rings. The van der Waals surface area contributed by atoms with Crippen molar-refractivity contribution in [3.05, 3.63) is 40.1 Å². The third-order valence-electron chi connectivity index (χ3n) is 3.22. The number of carbonyl (C=O) groups excluding carboxylic acids is 1. The van der Waals surface area contributed by atoms with E-state index in [4.69, 9.17) is 5.84 Å². The van der Waals surface area contributed by atoms with Crippen LogP contribution in [0.5, 0.6) is 0 Å². The summed E-state index contributed by atoms with van der Waals surface area (Å²) in [4.78, 5) is 19.9. The van der Waals surface area contributed by atoms with E-state index >= 15 is 0 Å². The molecule has 0 unspecified atom stereocenters. The summed E-state index contributed by atoms with van der Waals surface area (Å²) in [6, 6.07) is 3.80. The monoisotopic (exact) mass is 277 g/mol. The first-order chi connectivity index (χ1) is 9.26. The Labute approximate surface area is 114 Å². The number of rotatable bonds is 3. The van der Waals surface area contributed by atoms with Gasteiger partial charge in [-0.2, -0.15) is 0 Å². The Kier molecular flexibility index (Phi) is 3.33. The van der Waals surface area contributed by atoms with Crippen molar-refractivity contribution in [2.24, 2.45) is 5.84 Å². The highest BCUT2D eigenvalue weighted by Crippen LogP contribution is 2.20. The van der Waals surface area contributed by atoms with E-state index in [2.05, 4.69) is 19.9 Å². The minimum absolute atomic E-state index is 0.231. The number of amides is 1. The number of hydrogen-bond donors (Lipinski definition) is 2. The maximum absolute atomic E-state index is 11.4. The van der Waals surface area contributed by atoms with Gasteiger partial charge in [-0.05, 0) is 12.1 Å². The van der Waals surface area contributed by atoms with Crippen LogP contribution in [0.1, 0.15) is 20.4 Å². The molecule has 0 aromatic carbocycles. The topological polar surface area (TPSA) is 76.2 Å². The van der Waals surface area contributed by atoms with Gasteiger partial charge in [0.15, 0.2) is 0 Å². The molecule has 19 heavy (non-hydrogen) atoms. The number of fused-ring (bicyclic) bond motifs is 1. The third kappa shape index (κ3) is 2.53. The van der Waals surface area contributed by atoms with Crippen LogP contribution >= 0.6 is 11.3 Å². The predicted octanol–water partition coefficient (Wildman–Crippen LogP) is 0.564. The summed E-state index contributed by atoms with van der Waals surface area (Å²) in [5.41, 5.74) is 2.15. The number of carbonyl (C=O) groups is 1. The van der Waals surface area contributed by atoms with Crippen molar-refractivity contribution < 1.29 is 4.79 Å². The SMILES string of the molecule is NNC(=O)c1ccc(CN2CCn3ccnc3C2)s1. The molecule has 6 nitrogen and oxygen atoms in total. The second-order valence-electron chi connectivity index (χ2n) is 4.49. The van der Waals surface area contributed by atoms with E-state index in [1.165, 1.54) is 16.2 Å². The van der Waals surface area contributed by atoms with Crippen LogP contribution in [0.25, 0.3) is 0 Å². The molecular formula is C12H15N5OS. The third-order valence-corrected chi connectivity index (χ3v) is 4.29.